The molecule has 2 aromatic rings. The van der Waals surface area contributed by atoms with Crippen molar-refractivity contribution >= 4 is 0 Å². The fourth-order valence-electron chi connectivity index (χ4n) is 2.74. The summed E-state index contributed by atoms with van der Waals surface area (Å²) in [5.74, 6) is 1.82. The van der Waals surface area contributed by atoms with E-state index >= 15 is 0 Å². The average molecular weight is 296 g/mol. The molecular weight excluding hydrogens is 268 g/mol. The summed E-state index contributed by atoms with van der Waals surface area (Å²) in [6, 6.07) is 17.0. The Morgan fingerprint density at radius 2 is 1.73 bits per heavy atom. The largest absolute Gasteiger partial charge is 0.489 e. The molecule has 22 heavy (non-hydrogen) atoms. The summed E-state index contributed by atoms with van der Waals surface area (Å²) >= 11 is 0. The van der Waals surface area contributed by atoms with Gasteiger partial charge in [-0.3, -0.25) is 0 Å². The van der Waals surface area contributed by atoms with Gasteiger partial charge in [0.1, 0.15) is 12.4 Å². The highest BCUT2D eigenvalue weighted by Gasteiger charge is 2.05. The van der Waals surface area contributed by atoms with E-state index < -0.39 is 0 Å². The molecule has 2 aromatic carbocycles. The van der Waals surface area contributed by atoms with Crippen LogP contribution < -0.4 is 4.74 Å². The van der Waals surface area contributed by atoms with Crippen molar-refractivity contribution in [2.45, 2.75) is 53.1 Å². The lowest BCUT2D eigenvalue weighted by atomic mass is 9.96. The van der Waals surface area contributed by atoms with Crippen LogP contribution in [0.15, 0.2) is 48.5 Å². The van der Waals surface area contributed by atoms with Crippen LogP contribution in [0.3, 0.4) is 0 Å². The molecule has 0 aliphatic carbocycles. The van der Waals surface area contributed by atoms with Crippen molar-refractivity contribution in [3.63, 3.8) is 0 Å². The standard InChI is InChI=1S/C21H28O/c1-4-8-17(2)11-13-19-14-12-18(3)21(15-19)22-16-20-9-6-5-7-10-20/h5-7,9-10,12,14-15,17H,4,8,11,13,16H2,1-3H3/t17-/m1/s1. The number of hydrogen-bond donors (Lipinski definition) is 0. The van der Waals surface area contributed by atoms with Crippen LogP contribution in [0.1, 0.15) is 49.8 Å². The molecule has 0 aromatic heterocycles. The third-order valence-electron chi connectivity index (χ3n) is 4.20. The van der Waals surface area contributed by atoms with Gasteiger partial charge < -0.3 is 4.74 Å². The maximum atomic E-state index is 6.02. The summed E-state index contributed by atoms with van der Waals surface area (Å²) in [5.41, 5.74) is 3.81. The summed E-state index contributed by atoms with van der Waals surface area (Å²) in [4.78, 5) is 0. The van der Waals surface area contributed by atoms with E-state index in [2.05, 4.69) is 63.2 Å². The molecule has 0 fully saturated rings. The number of rotatable bonds is 8. The highest BCUT2D eigenvalue weighted by atomic mass is 16.5. The molecule has 0 saturated heterocycles. The van der Waals surface area contributed by atoms with Crippen LogP contribution in [0.2, 0.25) is 0 Å². The predicted molar refractivity (Wildman–Crippen MR) is 94.3 cm³/mol. The lowest BCUT2D eigenvalue weighted by Gasteiger charge is -2.13. The number of benzene rings is 2. The zero-order valence-electron chi connectivity index (χ0n) is 14.1. The van der Waals surface area contributed by atoms with E-state index in [1.165, 1.54) is 36.0 Å². The van der Waals surface area contributed by atoms with Gasteiger partial charge in [0, 0.05) is 0 Å². The first kappa shape index (κ1) is 16.6. The molecule has 118 valence electrons. The summed E-state index contributed by atoms with van der Waals surface area (Å²) in [6.45, 7) is 7.36. The van der Waals surface area contributed by atoms with E-state index in [0.29, 0.717) is 6.61 Å². The van der Waals surface area contributed by atoms with Gasteiger partial charge in [-0.2, -0.15) is 0 Å². The Morgan fingerprint density at radius 1 is 0.955 bits per heavy atom. The van der Waals surface area contributed by atoms with Gasteiger partial charge in [-0.25, -0.2) is 0 Å². The van der Waals surface area contributed by atoms with Crippen molar-refractivity contribution in [3.8, 4) is 5.75 Å². The average Bonchev–Trinajstić information content (AvgIpc) is 2.54. The lowest BCUT2D eigenvalue weighted by Crippen LogP contribution is -2.00. The Balaban J connectivity index is 1.94. The first-order chi connectivity index (χ1) is 10.7. The zero-order valence-corrected chi connectivity index (χ0v) is 14.1. The van der Waals surface area contributed by atoms with Crippen LogP contribution in [-0.2, 0) is 13.0 Å². The second-order valence-electron chi connectivity index (χ2n) is 6.31. The molecule has 0 amide bonds. The molecule has 0 aliphatic rings. The Hall–Kier alpha value is -1.76. The third kappa shape index (κ3) is 5.22. The molecule has 0 heterocycles. The lowest BCUT2D eigenvalue weighted by molar-refractivity contribution is 0.303. The van der Waals surface area contributed by atoms with Gasteiger partial charge in [0.2, 0.25) is 0 Å². The second-order valence-corrected chi connectivity index (χ2v) is 6.31. The maximum absolute atomic E-state index is 6.02. The molecule has 0 saturated carbocycles. The van der Waals surface area contributed by atoms with Crippen LogP contribution in [0.4, 0.5) is 0 Å². The van der Waals surface area contributed by atoms with Crippen molar-refractivity contribution < 1.29 is 4.74 Å². The van der Waals surface area contributed by atoms with Gasteiger partial charge >= 0.3 is 0 Å². The van der Waals surface area contributed by atoms with Crippen LogP contribution >= 0.6 is 0 Å². The monoisotopic (exact) mass is 296 g/mol. The molecular formula is C21H28O. The van der Waals surface area contributed by atoms with Crippen molar-refractivity contribution in [2.24, 2.45) is 5.92 Å². The fraction of sp³-hybridized carbons (Fsp3) is 0.429. The first-order valence-corrected chi connectivity index (χ1v) is 8.45. The van der Waals surface area contributed by atoms with Gasteiger partial charge in [0.25, 0.3) is 0 Å². The zero-order chi connectivity index (χ0) is 15.8. The normalized spacial score (nSPS) is 12.1. The predicted octanol–water partition coefficient (Wildman–Crippen LogP) is 5.94. The Morgan fingerprint density at radius 3 is 2.45 bits per heavy atom. The van der Waals surface area contributed by atoms with Gasteiger partial charge in [-0.05, 0) is 48.4 Å². The summed E-state index contributed by atoms with van der Waals surface area (Å²) < 4.78 is 6.02. The molecule has 0 unspecified atom stereocenters. The topological polar surface area (TPSA) is 9.23 Å². The molecule has 1 nitrogen and oxygen atoms in total. The van der Waals surface area contributed by atoms with E-state index in [1.807, 2.05) is 6.07 Å². The molecule has 0 N–H and O–H groups in total. The van der Waals surface area contributed by atoms with Crippen LogP contribution in [0.5, 0.6) is 5.75 Å². The second kappa shape index (κ2) is 8.63. The maximum Gasteiger partial charge on any atom is 0.122 e. The highest BCUT2D eigenvalue weighted by molar-refractivity contribution is 5.37. The molecule has 1 atom stereocenters. The van der Waals surface area contributed by atoms with Crippen molar-refractivity contribution in [3.05, 3.63) is 65.2 Å². The van der Waals surface area contributed by atoms with E-state index in [-0.39, 0.29) is 0 Å². The smallest absolute Gasteiger partial charge is 0.122 e. The van der Waals surface area contributed by atoms with Gasteiger partial charge in [0.15, 0.2) is 0 Å². The Kier molecular flexibility index (Phi) is 6.51. The summed E-state index contributed by atoms with van der Waals surface area (Å²) in [7, 11) is 0. The molecule has 0 aliphatic heterocycles. The van der Waals surface area contributed by atoms with Crippen LogP contribution in [0.25, 0.3) is 0 Å². The Bertz CT molecular complexity index is 559. The number of hydrogen-bond acceptors (Lipinski definition) is 1. The van der Waals surface area contributed by atoms with Crippen LogP contribution in [-0.4, -0.2) is 0 Å². The summed E-state index contributed by atoms with van der Waals surface area (Å²) in [6.07, 6.45) is 5.00. The van der Waals surface area contributed by atoms with Crippen molar-refractivity contribution in [2.75, 3.05) is 0 Å². The highest BCUT2D eigenvalue weighted by Crippen LogP contribution is 2.23. The minimum absolute atomic E-state index is 0.636. The quantitative estimate of drug-likeness (QED) is 0.585. The summed E-state index contributed by atoms with van der Waals surface area (Å²) in [5, 5.41) is 0. The molecule has 0 bridgehead atoms. The van der Waals surface area contributed by atoms with Crippen LogP contribution in [0, 0.1) is 12.8 Å². The van der Waals surface area contributed by atoms with Gasteiger partial charge in [0.05, 0.1) is 0 Å². The first-order valence-electron chi connectivity index (χ1n) is 8.45. The van der Waals surface area contributed by atoms with E-state index in [4.69, 9.17) is 4.74 Å². The molecule has 0 spiro atoms. The SMILES string of the molecule is CCC[C@@H](C)CCc1ccc(C)c(OCc2ccccc2)c1. The minimum atomic E-state index is 0.636. The van der Waals surface area contributed by atoms with Crippen molar-refractivity contribution in [1.29, 1.82) is 0 Å². The third-order valence-corrected chi connectivity index (χ3v) is 4.20. The van der Waals surface area contributed by atoms with Crippen molar-refractivity contribution in [1.82, 2.24) is 0 Å². The van der Waals surface area contributed by atoms with E-state index in [0.717, 1.165) is 18.1 Å². The van der Waals surface area contributed by atoms with Gasteiger partial charge in [-0.1, -0.05) is 69.2 Å². The van der Waals surface area contributed by atoms with E-state index in [1.54, 1.807) is 0 Å². The number of ether oxygens (including phenoxy) is 1. The fourth-order valence-corrected chi connectivity index (χ4v) is 2.74. The molecule has 2 rings (SSSR count). The Labute approximate surface area is 135 Å². The minimum Gasteiger partial charge on any atom is -0.489 e. The molecule has 0 radical (unpaired) electrons. The number of aryl methyl sites for hydroxylation is 2. The molecule has 1 heteroatoms. The van der Waals surface area contributed by atoms with Gasteiger partial charge in [-0.15, -0.1) is 0 Å². The van der Waals surface area contributed by atoms with E-state index in [9.17, 15) is 0 Å².